The van der Waals surface area contributed by atoms with Crippen LogP contribution in [0.3, 0.4) is 0 Å². The molecule has 0 aliphatic heterocycles. The van der Waals surface area contributed by atoms with E-state index in [1.807, 2.05) is 0 Å². The molecule has 0 spiro atoms. The van der Waals surface area contributed by atoms with Gasteiger partial charge in [-0.2, -0.15) is 0 Å². The van der Waals surface area contributed by atoms with E-state index in [1.54, 1.807) is 25.4 Å². The van der Waals surface area contributed by atoms with Gasteiger partial charge < -0.3 is 10.5 Å². The molecule has 2 aromatic rings. The third-order valence-corrected chi connectivity index (χ3v) is 3.09. The van der Waals surface area contributed by atoms with E-state index >= 15 is 0 Å². The van der Waals surface area contributed by atoms with E-state index in [2.05, 4.69) is 20.9 Å². The highest BCUT2D eigenvalue weighted by Crippen LogP contribution is 2.36. The summed E-state index contributed by atoms with van der Waals surface area (Å²) in [4.78, 5) is 4.24. The number of aromatic nitrogens is 1. The van der Waals surface area contributed by atoms with Crippen molar-refractivity contribution in [2.45, 2.75) is 0 Å². The summed E-state index contributed by atoms with van der Waals surface area (Å²) in [5.74, 6) is 0.661. The van der Waals surface area contributed by atoms with Crippen molar-refractivity contribution in [1.29, 1.82) is 0 Å². The van der Waals surface area contributed by atoms with E-state index in [4.69, 9.17) is 22.1 Å². The quantitative estimate of drug-likeness (QED) is 0.876. The summed E-state index contributed by atoms with van der Waals surface area (Å²) in [7, 11) is 1.59. The molecule has 0 fully saturated rings. The van der Waals surface area contributed by atoms with Gasteiger partial charge in [0.1, 0.15) is 11.3 Å². The Morgan fingerprint density at radius 2 is 2.20 bits per heavy atom. The highest BCUT2D eigenvalue weighted by atomic mass is 79.9. The lowest BCUT2D eigenvalue weighted by Crippen LogP contribution is -1.94. The van der Waals surface area contributed by atoms with E-state index in [9.17, 15) is 0 Å². The van der Waals surface area contributed by atoms with Crippen LogP contribution in [0.5, 0.6) is 5.75 Å². The van der Waals surface area contributed by atoms with Crippen molar-refractivity contribution in [1.82, 2.24) is 4.98 Å². The smallest absolute Gasteiger partial charge is 0.145 e. The lowest BCUT2D eigenvalue weighted by Gasteiger charge is -2.09. The van der Waals surface area contributed by atoms with Crippen LogP contribution < -0.4 is 10.5 Å². The zero-order valence-corrected chi connectivity index (χ0v) is 10.3. The van der Waals surface area contributed by atoms with Gasteiger partial charge in [-0.25, -0.2) is 0 Å². The third-order valence-electron chi connectivity index (χ3n) is 2.14. The third kappa shape index (κ3) is 1.64. The predicted molar refractivity (Wildman–Crippen MR) is 65.4 cm³/mol. The molecular weight excluding hydrogens is 279 g/mol. The van der Waals surface area contributed by atoms with Crippen LogP contribution in [0.25, 0.3) is 10.9 Å². The van der Waals surface area contributed by atoms with Crippen molar-refractivity contribution in [3.8, 4) is 5.75 Å². The molecule has 1 aromatic heterocycles. The second kappa shape index (κ2) is 3.87. The monoisotopic (exact) mass is 286 g/mol. The normalized spacial score (nSPS) is 10.6. The van der Waals surface area contributed by atoms with E-state index in [1.165, 1.54) is 0 Å². The van der Waals surface area contributed by atoms with Gasteiger partial charge in [0.15, 0.2) is 0 Å². The summed E-state index contributed by atoms with van der Waals surface area (Å²) in [5.41, 5.74) is 7.16. The first-order valence-electron chi connectivity index (χ1n) is 4.21. The minimum atomic E-state index is 0.567. The highest BCUT2D eigenvalue weighted by molar-refractivity contribution is 9.10. The molecule has 0 aliphatic carbocycles. The molecule has 2 N–H and O–H groups in total. The molecule has 1 heterocycles. The predicted octanol–water partition coefficient (Wildman–Crippen LogP) is 3.24. The first kappa shape index (κ1) is 10.5. The number of benzene rings is 1. The number of anilines is 1. The molecule has 0 saturated heterocycles. The van der Waals surface area contributed by atoms with Crippen LogP contribution >= 0.6 is 27.5 Å². The molecule has 0 bridgehead atoms. The van der Waals surface area contributed by atoms with Crippen LogP contribution in [-0.2, 0) is 0 Å². The fourth-order valence-electron chi connectivity index (χ4n) is 1.41. The summed E-state index contributed by atoms with van der Waals surface area (Å²) in [6, 6.07) is 3.51. The van der Waals surface area contributed by atoms with Gasteiger partial charge in [0.05, 0.1) is 22.3 Å². The Bertz CT molecular complexity index is 530. The number of halogens is 2. The Kier molecular flexibility index (Phi) is 2.71. The molecule has 2 rings (SSSR count). The maximum absolute atomic E-state index is 6.07. The molecule has 0 amide bonds. The fraction of sp³-hybridized carbons (Fsp3) is 0.100. The zero-order valence-electron chi connectivity index (χ0n) is 7.92. The van der Waals surface area contributed by atoms with E-state index in [-0.39, 0.29) is 0 Å². The lowest BCUT2D eigenvalue weighted by atomic mass is 10.2. The molecule has 1 aromatic carbocycles. The summed E-state index contributed by atoms with van der Waals surface area (Å²) in [5, 5.41) is 1.28. The number of fused-ring (bicyclic) bond motifs is 1. The molecule has 0 saturated carbocycles. The fourth-order valence-corrected chi connectivity index (χ4v) is 1.96. The van der Waals surface area contributed by atoms with Crippen LogP contribution in [0.1, 0.15) is 0 Å². The van der Waals surface area contributed by atoms with Gasteiger partial charge in [0.25, 0.3) is 0 Å². The molecule has 78 valence electrons. The van der Waals surface area contributed by atoms with E-state index in [0.717, 1.165) is 4.47 Å². The second-order valence-corrected chi connectivity index (χ2v) is 4.25. The van der Waals surface area contributed by atoms with Crippen LogP contribution in [0.2, 0.25) is 5.02 Å². The highest BCUT2D eigenvalue weighted by Gasteiger charge is 2.11. The topological polar surface area (TPSA) is 48.1 Å². The molecule has 5 heteroatoms. The van der Waals surface area contributed by atoms with Gasteiger partial charge in [-0.15, -0.1) is 0 Å². The van der Waals surface area contributed by atoms with E-state index in [0.29, 0.717) is 27.4 Å². The zero-order chi connectivity index (χ0) is 11.0. The van der Waals surface area contributed by atoms with Crippen LogP contribution in [0.4, 0.5) is 5.69 Å². The average Bonchev–Trinajstić information content (AvgIpc) is 2.24. The van der Waals surface area contributed by atoms with Crippen molar-refractivity contribution < 1.29 is 4.74 Å². The van der Waals surface area contributed by atoms with Gasteiger partial charge in [0, 0.05) is 11.6 Å². The largest absolute Gasteiger partial charge is 0.494 e. The number of nitrogen functional groups attached to an aromatic ring is 1. The van der Waals surface area contributed by atoms with E-state index < -0.39 is 0 Å². The molecule has 0 aliphatic rings. The molecule has 15 heavy (non-hydrogen) atoms. The summed E-state index contributed by atoms with van der Waals surface area (Å²) in [6.07, 6.45) is 1.64. The average molecular weight is 288 g/mol. The summed E-state index contributed by atoms with van der Waals surface area (Å²) >= 11 is 9.38. The van der Waals surface area contributed by atoms with Crippen LogP contribution in [0.15, 0.2) is 22.8 Å². The van der Waals surface area contributed by atoms with Crippen LogP contribution in [0, 0.1) is 0 Å². The van der Waals surface area contributed by atoms with Gasteiger partial charge in [-0.3, -0.25) is 4.98 Å². The molecule has 3 nitrogen and oxygen atoms in total. The molecule has 0 unspecified atom stereocenters. The van der Waals surface area contributed by atoms with Crippen molar-refractivity contribution >= 4 is 44.1 Å². The standard InChI is InChI=1S/C10H8BrClN2O/c1-15-7-3-2-6(12)8-9(13)5(11)4-14-10(7)8/h2-4H,1H3,(H2,13,14). The molecule has 0 atom stereocenters. The number of nitrogens with two attached hydrogens (primary N) is 1. The first-order valence-corrected chi connectivity index (χ1v) is 5.38. The van der Waals surface area contributed by atoms with Crippen molar-refractivity contribution in [3.05, 3.63) is 27.8 Å². The Morgan fingerprint density at radius 3 is 2.87 bits per heavy atom. The number of hydrogen-bond acceptors (Lipinski definition) is 3. The lowest BCUT2D eigenvalue weighted by molar-refractivity contribution is 0.419. The summed E-state index contributed by atoms with van der Waals surface area (Å²) in [6.45, 7) is 0. The molecule has 0 radical (unpaired) electrons. The van der Waals surface area contributed by atoms with Crippen LogP contribution in [-0.4, -0.2) is 12.1 Å². The Balaban J connectivity index is 2.93. The second-order valence-electron chi connectivity index (χ2n) is 2.99. The van der Waals surface area contributed by atoms with Gasteiger partial charge >= 0.3 is 0 Å². The van der Waals surface area contributed by atoms with Gasteiger partial charge in [-0.05, 0) is 28.1 Å². The number of nitrogens with zero attached hydrogens (tertiary/aromatic N) is 1. The van der Waals surface area contributed by atoms with Crippen molar-refractivity contribution in [3.63, 3.8) is 0 Å². The number of pyridine rings is 1. The van der Waals surface area contributed by atoms with Gasteiger partial charge in [0.2, 0.25) is 0 Å². The Labute approximate surface area is 100 Å². The minimum Gasteiger partial charge on any atom is -0.494 e. The maximum atomic E-state index is 6.07. The summed E-state index contributed by atoms with van der Waals surface area (Å²) < 4.78 is 5.91. The van der Waals surface area contributed by atoms with Crippen molar-refractivity contribution in [2.75, 3.05) is 12.8 Å². The minimum absolute atomic E-state index is 0.567. The van der Waals surface area contributed by atoms with Crippen molar-refractivity contribution in [2.24, 2.45) is 0 Å². The number of ether oxygens (including phenoxy) is 1. The first-order chi connectivity index (χ1) is 7.15. The van der Waals surface area contributed by atoms with Gasteiger partial charge in [-0.1, -0.05) is 11.6 Å². The number of methoxy groups -OCH3 is 1. The number of hydrogen-bond donors (Lipinski definition) is 1. The Hall–Kier alpha value is -1.00. The molecular formula is C10H8BrClN2O. The number of rotatable bonds is 1. The SMILES string of the molecule is COc1ccc(Cl)c2c(N)c(Br)cnc12. The Morgan fingerprint density at radius 1 is 1.47 bits per heavy atom. The maximum Gasteiger partial charge on any atom is 0.145 e.